The third-order valence-electron chi connectivity index (χ3n) is 3.15. The Bertz CT molecular complexity index is 578. The normalized spacial score (nSPS) is 12.5. The van der Waals surface area contributed by atoms with Gasteiger partial charge in [-0.3, -0.25) is 10.1 Å². The number of aromatic nitrogens is 1. The Morgan fingerprint density at radius 1 is 1.33 bits per heavy atom. The maximum absolute atomic E-state index is 11.2. The van der Waals surface area contributed by atoms with Crippen molar-refractivity contribution >= 4 is 5.97 Å². The Morgan fingerprint density at radius 3 is 2.67 bits per heavy atom. The van der Waals surface area contributed by atoms with Gasteiger partial charge in [-0.2, -0.15) is 0 Å². The van der Waals surface area contributed by atoms with Crippen LogP contribution in [-0.2, 0) is 11.3 Å². The number of carbonyl (C=O) groups is 1. The van der Waals surface area contributed by atoms with Crippen LogP contribution in [0.3, 0.4) is 0 Å². The lowest BCUT2D eigenvalue weighted by atomic mass is 10.0. The second-order valence-corrected chi connectivity index (χ2v) is 5.45. The molecule has 1 unspecified atom stereocenters. The maximum Gasteiger partial charge on any atom is 0.320 e. The van der Waals surface area contributed by atoms with Gasteiger partial charge in [0.25, 0.3) is 0 Å². The highest BCUT2D eigenvalue weighted by Gasteiger charge is 2.18. The molecule has 0 bridgehead atoms. The monoisotopic (exact) mass is 288 g/mol. The fraction of sp³-hybridized carbons (Fsp3) is 0.375. The molecule has 0 aliphatic heterocycles. The molecule has 0 saturated heterocycles. The van der Waals surface area contributed by atoms with Crippen molar-refractivity contribution in [3.05, 3.63) is 42.1 Å². The molecule has 5 heteroatoms. The number of hydrogen-bond donors (Lipinski definition) is 2. The Hall–Kier alpha value is -2.14. The number of benzene rings is 1. The van der Waals surface area contributed by atoms with Crippen LogP contribution >= 0.6 is 0 Å². The van der Waals surface area contributed by atoms with E-state index in [0.29, 0.717) is 30.3 Å². The Balaban J connectivity index is 1.98. The summed E-state index contributed by atoms with van der Waals surface area (Å²) < 4.78 is 5.29. The molecule has 1 aromatic carbocycles. The van der Waals surface area contributed by atoms with E-state index in [1.165, 1.54) is 0 Å². The molecule has 0 saturated carbocycles. The smallest absolute Gasteiger partial charge is 0.320 e. The lowest BCUT2D eigenvalue weighted by molar-refractivity contribution is -0.140. The molecule has 21 heavy (non-hydrogen) atoms. The van der Waals surface area contributed by atoms with E-state index < -0.39 is 12.0 Å². The number of rotatable bonds is 7. The third kappa shape index (κ3) is 4.43. The van der Waals surface area contributed by atoms with Crippen LogP contribution < -0.4 is 5.32 Å². The highest BCUT2D eigenvalue weighted by molar-refractivity contribution is 5.73. The van der Waals surface area contributed by atoms with Crippen LogP contribution in [0.25, 0.3) is 11.3 Å². The Labute approximate surface area is 124 Å². The van der Waals surface area contributed by atoms with Gasteiger partial charge in [0.2, 0.25) is 0 Å². The van der Waals surface area contributed by atoms with Crippen molar-refractivity contribution in [1.82, 2.24) is 10.5 Å². The summed E-state index contributed by atoms with van der Waals surface area (Å²) in [6.07, 6.45) is 0.582. The molecule has 112 valence electrons. The molecule has 0 radical (unpaired) electrons. The van der Waals surface area contributed by atoms with E-state index in [1.54, 1.807) is 0 Å². The number of carboxylic acid groups (broad SMARTS) is 1. The van der Waals surface area contributed by atoms with Crippen molar-refractivity contribution < 1.29 is 14.4 Å². The molecule has 0 aliphatic rings. The quantitative estimate of drug-likeness (QED) is 0.819. The van der Waals surface area contributed by atoms with Gasteiger partial charge < -0.3 is 9.63 Å². The maximum atomic E-state index is 11.2. The summed E-state index contributed by atoms with van der Waals surface area (Å²) in [5.74, 6) is 0.161. The summed E-state index contributed by atoms with van der Waals surface area (Å²) in [6, 6.07) is 10.9. The van der Waals surface area contributed by atoms with Gasteiger partial charge in [0.1, 0.15) is 6.04 Å². The molecule has 0 spiro atoms. The van der Waals surface area contributed by atoms with E-state index in [-0.39, 0.29) is 0 Å². The molecule has 0 aliphatic carbocycles. The zero-order valence-electron chi connectivity index (χ0n) is 12.2. The van der Waals surface area contributed by atoms with Gasteiger partial charge in [-0.1, -0.05) is 49.3 Å². The van der Waals surface area contributed by atoms with E-state index in [2.05, 4.69) is 10.5 Å². The summed E-state index contributed by atoms with van der Waals surface area (Å²) in [5, 5.41) is 16.2. The molecule has 1 aromatic heterocycles. The van der Waals surface area contributed by atoms with Gasteiger partial charge in [-0.15, -0.1) is 0 Å². The molecule has 1 heterocycles. The molecule has 1 atom stereocenters. The highest BCUT2D eigenvalue weighted by atomic mass is 16.5. The predicted molar refractivity (Wildman–Crippen MR) is 79.7 cm³/mol. The summed E-state index contributed by atoms with van der Waals surface area (Å²) in [4.78, 5) is 11.2. The van der Waals surface area contributed by atoms with Crippen LogP contribution in [0.5, 0.6) is 0 Å². The summed E-state index contributed by atoms with van der Waals surface area (Å²) in [7, 11) is 0. The minimum absolute atomic E-state index is 0.316. The summed E-state index contributed by atoms with van der Waals surface area (Å²) in [6.45, 7) is 4.38. The van der Waals surface area contributed by atoms with Crippen molar-refractivity contribution in [2.24, 2.45) is 5.92 Å². The van der Waals surface area contributed by atoms with Gasteiger partial charge in [0.05, 0.1) is 5.69 Å². The first kappa shape index (κ1) is 15.3. The van der Waals surface area contributed by atoms with Crippen LogP contribution in [0, 0.1) is 5.92 Å². The van der Waals surface area contributed by atoms with Crippen molar-refractivity contribution in [2.75, 3.05) is 0 Å². The minimum atomic E-state index is -0.838. The Kier molecular flexibility index (Phi) is 5.11. The van der Waals surface area contributed by atoms with E-state index in [1.807, 2.05) is 50.2 Å². The largest absolute Gasteiger partial charge is 0.480 e. The number of carboxylic acids is 1. The first-order valence-corrected chi connectivity index (χ1v) is 7.03. The van der Waals surface area contributed by atoms with Crippen LogP contribution in [0.15, 0.2) is 40.9 Å². The lowest BCUT2D eigenvalue weighted by Gasteiger charge is -2.15. The highest BCUT2D eigenvalue weighted by Crippen LogP contribution is 2.19. The molecule has 2 aromatic rings. The molecule has 0 amide bonds. The number of hydrogen-bond acceptors (Lipinski definition) is 4. The topological polar surface area (TPSA) is 75.4 Å². The average molecular weight is 288 g/mol. The number of nitrogens with zero attached hydrogens (tertiary/aromatic N) is 1. The zero-order valence-corrected chi connectivity index (χ0v) is 12.2. The molecule has 5 nitrogen and oxygen atoms in total. The second kappa shape index (κ2) is 7.04. The first-order chi connectivity index (χ1) is 10.1. The van der Waals surface area contributed by atoms with Crippen LogP contribution in [0.4, 0.5) is 0 Å². The SMILES string of the molecule is CC(C)CC(NCc1cc(-c2ccccc2)on1)C(=O)O. The van der Waals surface area contributed by atoms with E-state index in [4.69, 9.17) is 4.52 Å². The van der Waals surface area contributed by atoms with E-state index >= 15 is 0 Å². The van der Waals surface area contributed by atoms with Gasteiger partial charge in [-0.05, 0) is 12.3 Å². The first-order valence-electron chi connectivity index (χ1n) is 7.03. The summed E-state index contributed by atoms with van der Waals surface area (Å²) in [5.41, 5.74) is 1.65. The van der Waals surface area contributed by atoms with E-state index in [9.17, 15) is 9.90 Å². The molecule has 2 rings (SSSR count). The van der Waals surface area contributed by atoms with Crippen molar-refractivity contribution in [2.45, 2.75) is 32.9 Å². The molecule has 2 N–H and O–H groups in total. The number of nitrogens with one attached hydrogen (secondary N) is 1. The lowest BCUT2D eigenvalue weighted by Crippen LogP contribution is -2.37. The minimum Gasteiger partial charge on any atom is -0.480 e. The standard InChI is InChI=1S/C16H20N2O3/c1-11(2)8-14(16(19)20)17-10-13-9-15(21-18-13)12-6-4-3-5-7-12/h3-7,9,11,14,17H,8,10H2,1-2H3,(H,19,20). The Morgan fingerprint density at radius 2 is 2.05 bits per heavy atom. The van der Waals surface area contributed by atoms with Gasteiger partial charge in [-0.25, -0.2) is 0 Å². The predicted octanol–water partition coefficient (Wildman–Crippen LogP) is 2.93. The van der Waals surface area contributed by atoms with Gasteiger partial charge in [0.15, 0.2) is 5.76 Å². The second-order valence-electron chi connectivity index (χ2n) is 5.45. The van der Waals surface area contributed by atoms with E-state index in [0.717, 1.165) is 5.56 Å². The summed E-state index contributed by atoms with van der Waals surface area (Å²) >= 11 is 0. The van der Waals surface area contributed by atoms with Crippen molar-refractivity contribution in [3.63, 3.8) is 0 Å². The molecular formula is C16H20N2O3. The number of aliphatic carboxylic acids is 1. The third-order valence-corrected chi connectivity index (χ3v) is 3.15. The van der Waals surface area contributed by atoms with Gasteiger partial charge >= 0.3 is 5.97 Å². The average Bonchev–Trinajstić information content (AvgIpc) is 2.92. The van der Waals surface area contributed by atoms with Crippen LogP contribution in [0.2, 0.25) is 0 Å². The molecule has 0 fully saturated rings. The van der Waals surface area contributed by atoms with Crippen molar-refractivity contribution in [1.29, 1.82) is 0 Å². The fourth-order valence-corrected chi connectivity index (χ4v) is 2.10. The van der Waals surface area contributed by atoms with Crippen LogP contribution in [-0.4, -0.2) is 22.3 Å². The molecular weight excluding hydrogens is 268 g/mol. The van der Waals surface area contributed by atoms with Gasteiger partial charge in [0, 0.05) is 18.2 Å². The van der Waals surface area contributed by atoms with Crippen LogP contribution in [0.1, 0.15) is 26.0 Å². The zero-order chi connectivity index (χ0) is 15.2. The fourth-order valence-electron chi connectivity index (χ4n) is 2.10. The van der Waals surface area contributed by atoms with Crippen molar-refractivity contribution in [3.8, 4) is 11.3 Å².